The fraction of sp³-hybridized carbons (Fsp3) is 0.167. The van der Waals surface area contributed by atoms with Crippen molar-refractivity contribution in [2.24, 2.45) is 0 Å². The molecule has 86 valence electrons. The number of methoxy groups -OCH3 is 1. The zero-order valence-corrected chi connectivity index (χ0v) is 9.12. The number of aliphatic hydroxyl groups is 1. The lowest BCUT2D eigenvalue weighted by atomic mass is 10.0. The first-order valence-corrected chi connectivity index (χ1v) is 5.14. The number of rotatable bonds is 1. The maximum atomic E-state index is 9.83. The van der Waals surface area contributed by atoms with Gasteiger partial charge in [-0.1, -0.05) is 12.1 Å². The second-order valence-electron chi connectivity index (χ2n) is 3.63. The third kappa shape index (κ3) is 1.52. The summed E-state index contributed by atoms with van der Waals surface area (Å²) < 4.78 is 10.4. The summed E-state index contributed by atoms with van der Waals surface area (Å²) in [5.74, 6) is 0.605. The first-order chi connectivity index (χ1) is 8.29. The van der Waals surface area contributed by atoms with Crippen molar-refractivity contribution in [2.75, 3.05) is 7.11 Å². The van der Waals surface area contributed by atoms with Gasteiger partial charge in [0.05, 0.1) is 18.4 Å². The van der Waals surface area contributed by atoms with Gasteiger partial charge in [0.1, 0.15) is 5.75 Å². The highest BCUT2D eigenvalue weighted by Crippen LogP contribution is 2.40. The van der Waals surface area contributed by atoms with E-state index in [1.165, 1.54) is 13.3 Å². The Morgan fingerprint density at radius 3 is 3.00 bits per heavy atom. The average Bonchev–Trinajstić information content (AvgIpc) is 2.38. The molecule has 1 aliphatic rings. The molecular weight excluding hydrogens is 220 g/mol. The van der Waals surface area contributed by atoms with Crippen molar-refractivity contribution in [2.45, 2.75) is 6.29 Å². The van der Waals surface area contributed by atoms with Crippen molar-refractivity contribution < 1.29 is 14.6 Å². The fourth-order valence-corrected chi connectivity index (χ4v) is 1.82. The van der Waals surface area contributed by atoms with Crippen molar-refractivity contribution >= 4 is 0 Å². The van der Waals surface area contributed by atoms with Crippen LogP contribution in [0.3, 0.4) is 0 Å². The van der Waals surface area contributed by atoms with E-state index in [1.807, 2.05) is 18.2 Å². The number of fused-ring (bicyclic) bond motifs is 3. The molecule has 0 saturated carbocycles. The summed E-state index contributed by atoms with van der Waals surface area (Å²) in [5.41, 5.74) is 2.02. The summed E-state index contributed by atoms with van der Waals surface area (Å²) in [6.45, 7) is 0. The van der Waals surface area contributed by atoms with Crippen LogP contribution in [0, 0.1) is 0 Å². The molecule has 2 heterocycles. The normalized spacial score (nSPS) is 16.7. The molecule has 0 radical (unpaired) electrons. The Morgan fingerprint density at radius 1 is 1.35 bits per heavy atom. The minimum Gasteiger partial charge on any atom is -0.467 e. The molecule has 1 aromatic carbocycles. The third-order valence-corrected chi connectivity index (χ3v) is 2.62. The van der Waals surface area contributed by atoms with Crippen LogP contribution in [-0.4, -0.2) is 22.2 Å². The zero-order chi connectivity index (χ0) is 11.8. The van der Waals surface area contributed by atoms with Crippen molar-refractivity contribution in [3.63, 3.8) is 0 Å². The second kappa shape index (κ2) is 3.71. The zero-order valence-electron chi connectivity index (χ0n) is 9.12. The van der Waals surface area contributed by atoms with Gasteiger partial charge in [-0.3, -0.25) is 0 Å². The lowest BCUT2D eigenvalue weighted by molar-refractivity contribution is -0.0220. The maximum Gasteiger partial charge on any atom is 0.316 e. The molecule has 1 atom stereocenters. The Hall–Kier alpha value is -2.14. The molecule has 0 spiro atoms. The largest absolute Gasteiger partial charge is 0.467 e. The van der Waals surface area contributed by atoms with Crippen LogP contribution in [0.15, 0.2) is 30.5 Å². The van der Waals surface area contributed by atoms with Crippen molar-refractivity contribution in [3.8, 4) is 23.0 Å². The van der Waals surface area contributed by atoms with Crippen molar-refractivity contribution in [1.82, 2.24) is 9.97 Å². The van der Waals surface area contributed by atoms with E-state index in [0.29, 0.717) is 17.0 Å². The van der Waals surface area contributed by atoms with Gasteiger partial charge in [-0.15, -0.1) is 0 Å². The van der Waals surface area contributed by atoms with Crippen LogP contribution in [0.5, 0.6) is 11.8 Å². The minimum atomic E-state index is -1.04. The Kier molecular flexibility index (Phi) is 2.19. The number of hydrogen-bond acceptors (Lipinski definition) is 5. The molecule has 0 bridgehead atoms. The number of benzene rings is 1. The van der Waals surface area contributed by atoms with Gasteiger partial charge in [-0.2, -0.15) is 4.98 Å². The van der Waals surface area contributed by atoms with E-state index in [0.717, 1.165) is 5.56 Å². The molecule has 1 aromatic heterocycles. The quantitative estimate of drug-likeness (QED) is 0.804. The van der Waals surface area contributed by atoms with Gasteiger partial charge < -0.3 is 14.6 Å². The van der Waals surface area contributed by atoms with Crippen LogP contribution in [0.2, 0.25) is 0 Å². The van der Waals surface area contributed by atoms with Crippen LogP contribution < -0.4 is 9.47 Å². The Morgan fingerprint density at radius 2 is 2.18 bits per heavy atom. The van der Waals surface area contributed by atoms with E-state index in [9.17, 15) is 5.11 Å². The van der Waals surface area contributed by atoms with Crippen LogP contribution in [0.4, 0.5) is 0 Å². The van der Waals surface area contributed by atoms with Gasteiger partial charge in [-0.05, 0) is 12.1 Å². The summed E-state index contributed by atoms with van der Waals surface area (Å²) >= 11 is 0. The van der Waals surface area contributed by atoms with Crippen LogP contribution in [-0.2, 0) is 0 Å². The predicted octanol–water partition coefficient (Wildman–Crippen LogP) is 1.54. The highest BCUT2D eigenvalue weighted by atomic mass is 16.6. The smallest absolute Gasteiger partial charge is 0.316 e. The van der Waals surface area contributed by atoms with E-state index in [-0.39, 0.29) is 6.01 Å². The fourth-order valence-electron chi connectivity index (χ4n) is 1.82. The number of hydrogen-bond donors (Lipinski definition) is 1. The third-order valence-electron chi connectivity index (χ3n) is 2.62. The molecule has 5 heteroatoms. The molecule has 17 heavy (non-hydrogen) atoms. The molecule has 0 amide bonds. The highest BCUT2D eigenvalue weighted by molar-refractivity contribution is 5.72. The molecule has 3 rings (SSSR count). The first-order valence-electron chi connectivity index (χ1n) is 5.14. The van der Waals surface area contributed by atoms with Crippen LogP contribution >= 0.6 is 0 Å². The summed E-state index contributed by atoms with van der Waals surface area (Å²) in [6.07, 6.45) is 0.479. The number of ether oxygens (including phenoxy) is 2. The van der Waals surface area contributed by atoms with Gasteiger partial charge in [0.25, 0.3) is 0 Å². The van der Waals surface area contributed by atoms with E-state index in [2.05, 4.69) is 9.97 Å². The molecule has 5 nitrogen and oxygen atoms in total. The molecule has 0 aliphatic carbocycles. The monoisotopic (exact) mass is 230 g/mol. The van der Waals surface area contributed by atoms with E-state index >= 15 is 0 Å². The number of nitrogens with zero attached hydrogens (tertiary/aromatic N) is 2. The molecule has 0 saturated heterocycles. The lowest BCUT2D eigenvalue weighted by Gasteiger charge is -2.23. The summed E-state index contributed by atoms with van der Waals surface area (Å²) in [6, 6.07) is 7.67. The topological polar surface area (TPSA) is 64.5 Å². The molecular formula is C12H10N2O3. The standard InChI is InChI=1S/C12H10N2O3/c1-16-12-13-6-8-10(14-12)7-4-2-3-5-9(7)17-11(8)15/h2-6,11,15H,1H3. The Balaban J connectivity index is 2.25. The second-order valence-corrected chi connectivity index (χ2v) is 3.63. The van der Waals surface area contributed by atoms with Gasteiger partial charge in [0, 0.05) is 11.8 Å². The molecule has 1 N–H and O–H groups in total. The van der Waals surface area contributed by atoms with Crippen LogP contribution in [0.25, 0.3) is 11.3 Å². The van der Waals surface area contributed by atoms with E-state index in [4.69, 9.17) is 9.47 Å². The molecule has 2 aromatic rings. The molecule has 0 fully saturated rings. The molecule has 1 aliphatic heterocycles. The van der Waals surface area contributed by atoms with E-state index in [1.54, 1.807) is 6.07 Å². The first kappa shape index (κ1) is 10.0. The Labute approximate surface area is 97.7 Å². The maximum absolute atomic E-state index is 9.83. The lowest BCUT2D eigenvalue weighted by Crippen LogP contribution is -2.15. The average molecular weight is 230 g/mol. The molecule has 1 unspecified atom stereocenters. The minimum absolute atomic E-state index is 0.271. The number of para-hydroxylation sites is 1. The Bertz CT molecular complexity index is 571. The summed E-state index contributed by atoms with van der Waals surface area (Å²) in [5, 5.41) is 9.83. The summed E-state index contributed by atoms with van der Waals surface area (Å²) in [7, 11) is 1.50. The number of aliphatic hydroxyl groups excluding tert-OH is 1. The van der Waals surface area contributed by atoms with Gasteiger partial charge in [-0.25, -0.2) is 4.98 Å². The predicted molar refractivity (Wildman–Crippen MR) is 59.6 cm³/mol. The SMILES string of the molecule is COc1ncc2c(n1)-c1ccccc1OC2O. The van der Waals surface area contributed by atoms with Gasteiger partial charge >= 0.3 is 6.01 Å². The van der Waals surface area contributed by atoms with Gasteiger partial charge in [0.15, 0.2) is 0 Å². The van der Waals surface area contributed by atoms with E-state index < -0.39 is 6.29 Å². The van der Waals surface area contributed by atoms with Crippen molar-refractivity contribution in [3.05, 3.63) is 36.0 Å². The van der Waals surface area contributed by atoms with Crippen LogP contribution in [0.1, 0.15) is 11.9 Å². The highest BCUT2D eigenvalue weighted by Gasteiger charge is 2.26. The summed E-state index contributed by atoms with van der Waals surface area (Å²) in [4.78, 5) is 8.21. The van der Waals surface area contributed by atoms with Crippen molar-refractivity contribution in [1.29, 1.82) is 0 Å². The number of aromatic nitrogens is 2. The van der Waals surface area contributed by atoms with Gasteiger partial charge in [0.2, 0.25) is 6.29 Å².